The molecule has 3 N–H and O–H groups in total. The van der Waals surface area contributed by atoms with Crippen LogP contribution < -0.4 is 16.0 Å². The number of carbonyl (C=O) groups is 3. The van der Waals surface area contributed by atoms with Crippen molar-refractivity contribution in [2.45, 2.75) is 41.5 Å². The molecule has 0 spiro atoms. The van der Waals surface area contributed by atoms with Crippen molar-refractivity contribution < 1.29 is 14.4 Å². The maximum atomic E-state index is 13.0. The summed E-state index contributed by atoms with van der Waals surface area (Å²) in [6.07, 6.45) is 0. The second-order valence-corrected chi connectivity index (χ2v) is 9.59. The molecule has 0 aliphatic heterocycles. The monoisotopic (exact) mass is 500 g/mol. The van der Waals surface area contributed by atoms with Crippen molar-refractivity contribution in [1.29, 1.82) is 0 Å². The molecule has 3 aromatic carbocycles. The van der Waals surface area contributed by atoms with Crippen molar-refractivity contribution in [3.05, 3.63) is 88.0 Å². The maximum Gasteiger partial charge on any atom is 0.238 e. The highest BCUT2D eigenvalue weighted by Crippen LogP contribution is 2.21. The van der Waals surface area contributed by atoms with Crippen LogP contribution in [0.5, 0.6) is 0 Å². The van der Waals surface area contributed by atoms with Gasteiger partial charge in [-0.2, -0.15) is 0 Å². The molecule has 3 amide bonds. The normalized spacial score (nSPS) is 10.8. The molecular formula is C30H36N4O3. The minimum atomic E-state index is -0.294. The van der Waals surface area contributed by atoms with Gasteiger partial charge in [-0.25, -0.2) is 0 Å². The Kier molecular flexibility index (Phi) is 9.20. The van der Waals surface area contributed by atoms with Crippen molar-refractivity contribution in [3.8, 4) is 0 Å². The average molecular weight is 501 g/mol. The molecule has 194 valence electrons. The van der Waals surface area contributed by atoms with E-state index in [-0.39, 0.29) is 37.4 Å². The van der Waals surface area contributed by atoms with Gasteiger partial charge in [0.05, 0.1) is 19.6 Å². The fourth-order valence-corrected chi connectivity index (χ4v) is 4.35. The molecule has 0 aliphatic rings. The van der Waals surface area contributed by atoms with Gasteiger partial charge >= 0.3 is 0 Å². The molecule has 37 heavy (non-hydrogen) atoms. The largest absolute Gasteiger partial charge is 0.324 e. The number of para-hydroxylation sites is 3. The molecule has 0 atom stereocenters. The van der Waals surface area contributed by atoms with E-state index >= 15 is 0 Å². The van der Waals surface area contributed by atoms with Gasteiger partial charge in [-0.3, -0.25) is 19.3 Å². The summed E-state index contributed by atoms with van der Waals surface area (Å²) in [5.41, 5.74) is 7.90. The third kappa shape index (κ3) is 7.51. The van der Waals surface area contributed by atoms with E-state index in [2.05, 4.69) is 16.0 Å². The summed E-state index contributed by atoms with van der Waals surface area (Å²) >= 11 is 0. The van der Waals surface area contributed by atoms with Crippen LogP contribution in [-0.4, -0.2) is 42.3 Å². The molecule has 3 rings (SSSR count). The van der Waals surface area contributed by atoms with Gasteiger partial charge in [0, 0.05) is 17.1 Å². The molecule has 0 saturated carbocycles. The van der Waals surface area contributed by atoms with Crippen LogP contribution in [0.25, 0.3) is 0 Å². The van der Waals surface area contributed by atoms with E-state index in [1.54, 1.807) is 4.90 Å². The van der Waals surface area contributed by atoms with E-state index in [1.165, 1.54) is 0 Å². The highest BCUT2D eigenvalue weighted by atomic mass is 16.2. The maximum absolute atomic E-state index is 13.0. The summed E-state index contributed by atoms with van der Waals surface area (Å²) in [4.78, 5) is 40.6. The Morgan fingerprint density at radius 1 is 0.486 bits per heavy atom. The third-order valence-corrected chi connectivity index (χ3v) is 6.34. The van der Waals surface area contributed by atoms with E-state index in [4.69, 9.17) is 0 Å². The van der Waals surface area contributed by atoms with Crippen molar-refractivity contribution in [1.82, 2.24) is 4.90 Å². The van der Waals surface area contributed by atoms with Crippen LogP contribution in [0, 0.1) is 41.5 Å². The van der Waals surface area contributed by atoms with Crippen LogP contribution in [0.1, 0.15) is 33.4 Å². The molecule has 0 bridgehead atoms. The Morgan fingerprint density at radius 2 is 0.703 bits per heavy atom. The van der Waals surface area contributed by atoms with Gasteiger partial charge in [0.15, 0.2) is 0 Å². The van der Waals surface area contributed by atoms with Crippen molar-refractivity contribution in [3.63, 3.8) is 0 Å². The summed E-state index contributed by atoms with van der Waals surface area (Å²) in [6, 6.07) is 17.4. The Hall–Kier alpha value is -3.97. The number of aryl methyl sites for hydroxylation is 6. The molecule has 3 aromatic rings. The van der Waals surface area contributed by atoms with E-state index in [9.17, 15) is 14.4 Å². The molecule has 0 fully saturated rings. The number of nitrogens with one attached hydrogen (secondary N) is 3. The lowest BCUT2D eigenvalue weighted by atomic mass is 10.1. The first-order valence-corrected chi connectivity index (χ1v) is 12.4. The van der Waals surface area contributed by atoms with Gasteiger partial charge in [-0.15, -0.1) is 0 Å². The van der Waals surface area contributed by atoms with Gasteiger partial charge < -0.3 is 16.0 Å². The number of hydrogen-bond donors (Lipinski definition) is 3. The smallest absolute Gasteiger partial charge is 0.238 e. The topological polar surface area (TPSA) is 90.5 Å². The molecular weight excluding hydrogens is 464 g/mol. The van der Waals surface area contributed by atoms with Crippen LogP contribution in [0.3, 0.4) is 0 Å². The highest BCUT2D eigenvalue weighted by molar-refractivity contribution is 5.98. The Morgan fingerprint density at radius 3 is 0.919 bits per heavy atom. The zero-order valence-electron chi connectivity index (χ0n) is 22.5. The Bertz CT molecular complexity index is 1090. The molecule has 0 unspecified atom stereocenters. The molecule has 0 radical (unpaired) electrons. The minimum absolute atomic E-state index is 0.117. The van der Waals surface area contributed by atoms with Crippen molar-refractivity contribution in [2.75, 3.05) is 35.6 Å². The average Bonchev–Trinajstić information content (AvgIpc) is 2.81. The zero-order chi connectivity index (χ0) is 27.1. The van der Waals surface area contributed by atoms with Gasteiger partial charge in [0.2, 0.25) is 17.7 Å². The highest BCUT2D eigenvalue weighted by Gasteiger charge is 2.20. The third-order valence-electron chi connectivity index (χ3n) is 6.34. The number of amides is 3. The molecule has 0 aromatic heterocycles. The number of anilines is 3. The fourth-order valence-electron chi connectivity index (χ4n) is 4.35. The lowest BCUT2D eigenvalue weighted by Gasteiger charge is -2.22. The summed E-state index contributed by atoms with van der Waals surface area (Å²) in [7, 11) is 0. The summed E-state index contributed by atoms with van der Waals surface area (Å²) in [5.74, 6) is -0.883. The molecule has 7 nitrogen and oxygen atoms in total. The van der Waals surface area contributed by atoms with Crippen LogP contribution in [0.15, 0.2) is 54.6 Å². The summed E-state index contributed by atoms with van der Waals surface area (Å²) in [6.45, 7) is 11.2. The fraction of sp³-hybridized carbons (Fsp3) is 0.300. The Labute approximate surface area is 219 Å². The van der Waals surface area contributed by atoms with Crippen LogP contribution in [0.2, 0.25) is 0 Å². The minimum Gasteiger partial charge on any atom is -0.324 e. The van der Waals surface area contributed by atoms with Crippen molar-refractivity contribution >= 4 is 34.8 Å². The first-order chi connectivity index (χ1) is 17.5. The SMILES string of the molecule is Cc1cccc(C)c1NC(=O)CN(CC(=O)Nc1c(C)cccc1C)CC(=O)Nc1c(C)cccc1C. The Balaban J connectivity index is 1.76. The number of rotatable bonds is 9. The number of benzene rings is 3. The molecule has 7 heteroatoms. The van der Waals surface area contributed by atoms with E-state index in [1.807, 2.05) is 96.1 Å². The van der Waals surface area contributed by atoms with Gasteiger partial charge in [0.25, 0.3) is 0 Å². The standard InChI is InChI=1S/C30H36N4O3/c1-19-10-7-11-20(2)28(19)31-25(35)16-34(17-26(36)32-29-21(3)12-8-13-22(29)4)18-27(37)33-30-23(5)14-9-15-24(30)6/h7-15H,16-18H2,1-6H3,(H,31,35)(H,32,36)(H,33,37). The van der Waals surface area contributed by atoms with E-state index in [0.29, 0.717) is 0 Å². The second-order valence-electron chi connectivity index (χ2n) is 9.59. The number of carbonyl (C=O) groups excluding carboxylic acids is 3. The first kappa shape index (κ1) is 27.6. The number of nitrogens with zero attached hydrogens (tertiary/aromatic N) is 1. The molecule has 0 heterocycles. The second kappa shape index (κ2) is 12.3. The molecule has 0 saturated heterocycles. The predicted molar refractivity (Wildman–Crippen MR) is 150 cm³/mol. The van der Waals surface area contributed by atoms with E-state index in [0.717, 1.165) is 50.4 Å². The molecule has 0 aliphatic carbocycles. The zero-order valence-corrected chi connectivity index (χ0v) is 22.5. The van der Waals surface area contributed by atoms with Gasteiger partial charge in [-0.1, -0.05) is 54.6 Å². The quantitative estimate of drug-likeness (QED) is 0.383. The lowest BCUT2D eigenvalue weighted by Crippen LogP contribution is -2.43. The first-order valence-electron chi connectivity index (χ1n) is 12.4. The van der Waals surface area contributed by atoms with Crippen molar-refractivity contribution in [2.24, 2.45) is 0 Å². The van der Waals surface area contributed by atoms with Crippen LogP contribution in [-0.2, 0) is 14.4 Å². The van der Waals surface area contributed by atoms with Crippen LogP contribution in [0.4, 0.5) is 17.1 Å². The number of hydrogen-bond acceptors (Lipinski definition) is 4. The summed E-state index contributed by atoms with van der Waals surface area (Å²) < 4.78 is 0. The predicted octanol–water partition coefficient (Wildman–Crippen LogP) is 5.06. The lowest BCUT2D eigenvalue weighted by molar-refractivity contribution is -0.122. The van der Waals surface area contributed by atoms with Crippen LogP contribution >= 0.6 is 0 Å². The van der Waals surface area contributed by atoms with Gasteiger partial charge in [0.1, 0.15) is 0 Å². The van der Waals surface area contributed by atoms with Gasteiger partial charge in [-0.05, 0) is 74.9 Å². The summed E-state index contributed by atoms with van der Waals surface area (Å²) in [5, 5.41) is 8.84. The van der Waals surface area contributed by atoms with E-state index < -0.39 is 0 Å².